The summed E-state index contributed by atoms with van der Waals surface area (Å²) >= 11 is 0. The van der Waals surface area contributed by atoms with Crippen LogP contribution in [0.1, 0.15) is 47.4 Å². The molecule has 0 aliphatic carbocycles. The fraction of sp³-hybridized carbons (Fsp3) is 0.500. The maximum atomic E-state index is 15.1. The Morgan fingerprint density at radius 3 is 2.33 bits per heavy atom. The highest BCUT2D eigenvalue weighted by molar-refractivity contribution is 6.55. The summed E-state index contributed by atoms with van der Waals surface area (Å²) in [5, 5.41) is 0. The van der Waals surface area contributed by atoms with Gasteiger partial charge in [0.2, 0.25) is 0 Å². The summed E-state index contributed by atoms with van der Waals surface area (Å²) in [6.45, 7) is 12.1. The van der Waals surface area contributed by atoms with Crippen molar-refractivity contribution in [1.29, 1.82) is 0 Å². The van der Waals surface area contributed by atoms with Gasteiger partial charge in [0.05, 0.1) is 22.2 Å². The van der Waals surface area contributed by atoms with Crippen molar-refractivity contribution in [2.24, 2.45) is 0 Å². The number of hydrogen-bond donors (Lipinski definition) is 0. The highest BCUT2D eigenvalue weighted by Crippen LogP contribution is 2.40. The number of hydrogen-bond acceptors (Lipinski definition) is 3. The summed E-state index contributed by atoms with van der Waals surface area (Å²) in [6, 6.07) is 7.83. The second kappa shape index (κ2) is 5.71. The van der Waals surface area contributed by atoms with Gasteiger partial charge >= 0.3 is 7.12 Å². The van der Waals surface area contributed by atoms with Gasteiger partial charge in [-0.25, -0.2) is 9.37 Å². The molecule has 0 radical (unpaired) electrons. The van der Waals surface area contributed by atoms with E-state index in [0.717, 1.165) is 11.0 Å². The molecule has 2 heterocycles. The molecule has 0 spiro atoms. The molecule has 1 aromatic carbocycles. The zero-order valence-electron chi connectivity index (χ0n) is 15.2. The predicted molar refractivity (Wildman–Crippen MR) is 95.2 cm³/mol. The lowest BCUT2D eigenvalue weighted by molar-refractivity contribution is 0.00578. The lowest BCUT2D eigenvalue weighted by Crippen LogP contribution is -2.41. The molecule has 0 N–H and O–H groups in total. The van der Waals surface area contributed by atoms with Gasteiger partial charge < -0.3 is 13.9 Å². The zero-order chi connectivity index (χ0) is 17.7. The van der Waals surface area contributed by atoms with Crippen LogP contribution in [0, 0.1) is 0 Å². The molecule has 6 heteroatoms. The minimum absolute atomic E-state index is 0.418. The molecule has 1 aromatic heterocycles. The number of rotatable bonds is 3. The van der Waals surface area contributed by atoms with E-state index in [9.17, 15) is 0 Å². The Morgan fingerprint density at radius 1 is 1.17 bits per heavy atom. The molecule has 0 unspecified atom stereocenters. The molecular formula is C18H24BFN2O2. The second-order valence-electron chi connectivity index (χ2n) is 7.23. The lowest BCUT2D eigenvalue weighted by atomic mass is 9.85. The van der Waals surface area contributed by atoms with Crippen LogP contribution in [0.25, 0.3) is 16.6 Å². The first kappa shape index (κ1) is 17.2. The predicted octanol–water partition coefficient (Wildman–Crippen LogP) is 4.39. The molecule has 4 nitrogen and oxygen atoms in total. The number of fused-ring (bicyclic) bond motifs is 1. The molecule has 0 saturated carbocycles. The van der Waals surface area contributed by atoms with Crippen LogP contribution >= 0.6 is 0 Å². The van der Waals surface area contributed by atoms with Crippen molar-refractivity contribution >= 4 is 23.7 Å². The molecule has 3 rings (SSSR count). The maximum absolute atomic E-state index is 15.1. The molecule has 24 heavy (non-hydrogen) atoms. The van der Waals surface area contributed by atoms with E-state index in [1.165, 1.54) is 0 Å². The summed E-state index contributed by atoms with van der Waals surface area (Å²) in [7, 11) is -1.000. The number of para-hydroxylation sites is 2. The van der Waals surface area contributed by atoms with E-state index < -0.39 is 24.0 Å². The van der Waals surface area contributed by atoms with Crippen LogP contribution in [-0.2, 0) is 15.9 Å². The molecular weight excluding hydrogens is 306 g/mol. The Labute approximate surface area is 142 Å². The van der Waals surface area contributed by atoms with E-state index in [4.69, 9.17) is 9.31 Å². The van der Waals surface area contributed by atoms with E-state index in [1.54, 1.807) is 6.92 Å². The fourth-order valence-electron chi connectivity index (χ4n) is 2.91. The minimum Gasteiger partial charge on any atom is -0.398 e. The van der Waals surface area contributed by atoms with Crippen molar-refractivity contribution in [2.45, 2.75) is 59.3 Å². The maximum Gasteiger partial charge on any atom is 0.525 e. The van der Waals surface area contributed by atoms with Gasteiger partial charge in [0, 0.05) is 12.1 Å². The monoisotopic (exact) mass is 330 g/mol. The summed E-state index contributed by atoms with van der Waals surface area (Å²) in [5.41, 5.74) is 0.747. The van der Waals surface area contributed by atoms with Crippen molar-refractivity contribution in [3.63, 3.8) is 0 Å². The Balaban J connectivity index is 2.05. The Hall–Kier alpha value is -1.66. The van der Waals surface area contributed by atoms with Gasteiger partial charge in [-0.05, 0) is 53.7 Å². The Morgan fingerprint density at radius 2 is 1.75 bits per heavy atom. The van der Waals surface area contributed by atoms with Gasteiger partial charge in [0.1, 0.15) is 11.6 Å². The molecule has 0 atom stereocenters. The van der Waals surface area contributed by atoms with Crippen molar-refractivity contribution in [3.8, 4) is 0 Å². The van der Waals surface area contributed by atoms with E-state index in [1.807, 2.05) is 63.5 Å². The van der Waals surface area contributed by atoms with Crippen LogP contribution in [0.3, 0.4) is 0 Å². The lowest BCUT2D eigenvalue weighted by Gasteiger charge is -2.32. The fourth-order valence-corrected chi connectivity index (χ4v) is 2.91. The van der Waals surface area contributed by atoms with Gasteiger partial charge in [-0.1, -0.05) is 12.1 Å². The summed E-state index contributed by atoms with van der Waals surface area (Å²) in [5.74, 6) is 0.617. The standard InChI is InChI=1S/C18H24BFN2O2/c1-7-22-14-11-9-8-10-13(14)21-16(22)12(2)15(20)19-23-17(3,4)18(5,6)24-19/h8-11H,7H2,1-6H3. The average Bonchev–Trinajstić information content (AvgIpc) is 3.00. The highest BCUT2D eigenvalue weighted by Gasteiger charge is 2.53. The molecule has 1 fully saturated rings. The third kappa shape index (κ3) is 2.58. The van der Waals surface area contributed by atoms with Crippen LogP contribution in [0.4, 0.5) is 4.39 Å². The van der Waals surface area contributed by atoms with E-state index in [0.29, 0.717) is 17.9 Å². The second-order valence-corrected chi connectivity index (χ2v) is 7.23. The number of aromatic nitrogens is 2. The Bertz CT molecular complexity index is 794. The quantitative estimate of drug-likeness (QED) is 0.783. The number of nitrogens with zero attached hydrogens (tertiary/aromatic N) is 2. The third-order valence-corrected chi connectivity index (χ3v) is 5.12. The normalized spacial score (nSPS) is 20.5. The SMILES string of the molecule is CCn1c(C(C)=C(F)B2OC(C)(C)C(C)(C)O2)nc2ccccc21. The van der Waals surface area contributed by atoms with Gasteiger partial charge in [0.25, 0.3) is 0 Å². The van der Waals surface area contributed by atoms with E-state index in [2.05, 4.69) is 4.98 Å². The van der Waals surface area contributed by atoms with Gasteiger partial charge in [-0.3, -0.25) is 0 Å². The molecule has 128 valence electrons. The van der Waals surface area contributed by atoms with Crippen LogP contribution in [0.5, 0.6) is 0 Å². The van der Waals surface area contributed by atoms with Crippen molar-refractivity contribution in [1.82, 2.24) is 9.55 Å². The first-order chi connectivity index (χ1) is 11.2. The number of imidazole rings is 1. The van der Waals surface area contributed by atoms with Gasteiger partial charge in [-0.15, -0.1) is 0 Å². The number of halogens is 1. The largest absolute Gasteiger partial charge is 0.525 e. The highest BCUT2D eigenvalue weighted by atomic mass is 19.1. The molecule has 0 amide bonds. The molecule has 2 aromatic rings. The number of aryl methyl sites for hydroxylation is 1. The van der Waals surface area contributed by atoms with Gasteiger partial charge in [0.15, 0.2) is 0 Å². The van der Waals surface area contributed by atoms with Crippen molar-refractivity contribution in [3.05, 3.63) is 35.8 Å². The summed E-state index contributed by atoms with van der Waals surface area (Å²) in [4.78, 5) is 4.60. The topological polar surface area (TPSA) is 36.3 Å². The molecule has 0 bridgehead atoms. The molecule has 1 aliphatic rings. The first-order valence-electron chi connectivity index (χ1n) is 8.35. The minimum atomic E-state index is -1.000. The van der Waals surface area contributed by atoms with E-state index >= 15 is 4.39 Å². The Kier molecular flexibility index (Phi) is 4.08. The zero-order valence-corrected chi connectivity index (χ0v) is 15.2. The van der Waals surface area contributed by atoms with Crippen LogP contribution < -0.4 is 0 Å². The van der Waals surface area contributed by atoms with Crippen LogP contribution in [0.2, 0.25) is 0 Å². The molecule has 1 saturated heterocycles. The first-order valence-corrected chi connectivity index (χ1v) is 8.35. The number of benzene rings is 1. The smallest absolute Gasteiger partial charge is 0.398 e. The van der Waals surface area contributed by atoms with Gasteiger partial charge in [-0.2, -0.15) is 0 Å². The van der Waals surface area contributed by atoms with Crippen LogP contribution in [-0.4, -0.2) is 27.9 Å². The van der Waals surface area contributed by atoms with Crippen molar-refractivity contribution < 1.29 is 13.7 Å². The number of allylic oxidation sites excluding steroid dienone is 1. The molecule has 1 aliphatic heterocycles. The van der Waals surface area contributed by atoms with E-state index in [-0.39, 0.29) is 0 Å². The summed E-state index contributed by atoms with van der Waals surface area (Å²) in [6.07, 6.45) is 0. The van der Waals surface area contributed by atoms with Crippen molar-refractivity contribution in [2.75, 3.05) is 0 Å². The van der Waals surface area contributed by atoms with Crippen LogP contribution in [0.15, 0.2) is 30.0 Å². The average molecular weight is 330 g/mol. The summed E-state index contributed by atoms with van der Waals surface area (Å²) < 4.78 is 28.8. The third-order valence-electron chi connectivity index (χ3n) is 5.12.